The van der Waals surface area contributed by atoms with Gasteiger partial charge in [0.15, 0.2) is 0 Å². The Kier molecular flexibility index (Phi) is 6.40. The van der Waals surface area contributed by atoms with Crippen LogP contribution in [0, 0.1) is 0 Å². The molecule has 144 valence electrons. The van der Waals surface area contributed by atoms with Crippen molar-refractivity contribution in [2.45, 2.75) is 46.3 Å². The molecule has 3 rings (SSSR count). The number of halogens is 1. The van der Waals surface area contributed by atoms with Crippen LogP contribution in [0.1, 0.15) is 48.7 Å². The monoisotopic (exact) mass is 386 g/mol. The van der Waals surface area contributed by atoms with E-state index in [9.17, 15) is 4.79 Å². The zero-order valence-corrected chi connectivity index (χ0v) is 17.0. The van der Waals surface area contributed by atoms with Crippen LogP contribution in [0.15, 0.2) is 36.4 Å². The van der Waals surface area contributed by atoms with Gasteiger partial charge in [0.25, 0.3) is 5.91 Å². The molecule has 5 heteroatoms. The number of fused-ring (bicyclic) bond motifs is 1. The van der Waals surface area contributed by atoms with Gasteiger partial charge in [-0.25, -0.2) is 0 Å². The van der Waals surface area contributed by atoms with Crippen molar-refractivity contribution in [3.8, 4) is 5.75 Å². The van der Waals surface area contributed by atoms with Crippen LogP contribution in [0.5, 0.6) is 5.75 Å². The van der Waals surface area contributed by atoms with Gasteiger partial charge in [-0.1, -0.05) is 24.6 Å². The summed E-state index contributed by atoms with van der Waals surface area (Å²) in [5.74, 6) is 0.419. The van der Waals surface area contributed by atoms with Crippen molar-refractivity contribution in [3.63, 3.8) is 0 Å². The highest BCUT2D eigenvalue weighted by Crippen LogP contribution is 2.27. The number of carbonyl (C=O) groups excluding carboxylic acids is 1. The lowest BCUT2D eigenvalue weighted by Gasteiger charge is -2.28. The van der Waals surface area contributed by atoms with E-state index in [1.165, 1.54) is 11.1 Å². The highest BCUT2D eigenvalue weighted by atomic mass is 35.5. The largest absolute Gasteiger partial charge is 0.489 e. The fraction of sp³-hybridized carbons (Fsp3) is 0.409. The zero-order valence-electron chi connectivity index (χ0n) is 16.2. The molecule has 0 spiro atoms. The molecule has 1 aliphatic rings. The third-order valence-electron chi connectivity index (χ3n) is 4.65. The van der Waals surface area contributed by atoms with Crippen molar-refractivity contribution in [2.24, 2.45) is 0 Å². The maximum Gasteiger partial charge on any atom is 0.255 e. The van der Waals surface area contributed by atoms with Crippen molar-refractivity contribution < 1.29 is 9.53 Å². The first kappa shape index (κ1) is 19.7. The predicted molar refractivity (Wildman–Crippen MR) is 111 cm³/mol. The van der Waals surface area contributed by atoms with Gasteiger partial charge in [0.1, 0.15) is 5.75 Å². The number of nitrogens with zero attached hydrogens (tertiary/aromatic N) is 1. The minimum Gasteiger partial charge on any atom is -0.489 e. The summed E-state index contributed by atoms with van der Waals surface area (Å²) >= 11 is 6.25. The van der Waals surface area contributed by atoms with Crippen LogP contribution in [-0.4, -0.2) is 30.0 Å². The first-order valence-electron chi connectivity index (χ1n) is 9.58. The van der Waals surface area contributed by atoms with E-state index in [-0.39, 0.29) is 12.0 Å². The molecule has 0 saturated carbocycles. The topological polar surface area (TPSA) is 41.6 Å². The fourth-order valence-corrected chi connectivity index (χ4v) is 3.62. The molecule has 1 aliphatic heterocycles. The molecule has 1 N–H and O–H groups in total. The van der Waals surface area contributed by atoms with Crippen molar-refractivity contribution in [3.05, 3.63) is 58.1 Å². The molecule has 0 saturated heterocycles. The minimum atomic E-state index is -0.172. The first-order valence-corrected chi connectivity index (χ1v) is 9.95. The molecule has 1 heterocycles. The normalized spacial score (nSPS) is 14.1. The second kappa shape index (κ2) is 8.77. The highest BCUT2D eigenvalue weighted by molar-refractivity contribution is 6.32. The molecule has 0 atom stereocenters. The van der Waals surface area contributed by atoms with Gasteiger partial charge in [-0.05, 0) is 74.7 Å². The lowest BCUT2D eigenvalue weighted by Crippen LogP contribution is -2.31. The number of rotatable bonds is 6. The average Bonchev–Trinajstić information content (AvgIpc) is 2.63. The Hall–Kier alpha value is -2.04. The molecule has 0 bridgehead atoms. The molecular weight excluding hydrogens is 360 g/mol. The van der Waals surface area contributed by atoms with Gasteiger partial charge >= 0.3 is 0 Å². The minimum absolute atomic E-state index is 0.0324. The number of benzene rings is 2. The molecule has 2 aromatic carbocycles. The quantitative estimate of drug-likeness (QED) is 0.746. The lowest BCUT2D eigenvalue weighted by atomic mass is 9.99. The summed E-state index contributed by atoms with van der Waals surface area (Å²) in [6, 6.07) is 11.3. The number of ether oxygens (including phenoxy) is 1. The maximum atomic E-state index is 12.6. The number of hydrogen-bond acceptors (Lipinski definition) is 3. The molecule has 0 fully saturated rings. The van der Waals surface area contributed by atoms with Gasteiger partial charge in [0, 0.05) is 24.3 Å². The van der Waals surface area contributed by atoms with Gasteiger partial charge in [0.2, 0.25) is 0 Å². The maximum absolute atomic E-state index is 12.6. The van der Waals surface area contributed by atoms with Crippen molar-refractivity contribution in [1.82, 2.24) is 4.90 Å². The molecular formula is C22H27ClN2O2. The van der Waals surface area contributed by atoms with E-state index in [0.717, 1.165) is 38.2 Å². The zero-order chi connectivity index (χ0) is 19.4. The molecule has 1 amide bonds. The van der Waals surface area contributed by atoms with Crippen molar-refractivity contribution in [1.29, 1.82) is 0 Å². The van der Waals surface area contributed by atoms with E-state index in [0.29, 0.717) is 16.3 Å². The third-order valence-corrected chi connectivity index (χ3v) is 4.95. The van der Waals surface area contributed by atoms with E-state index < -0.39 is 0 Å². The van der Waals surface area contributed by atoms with Gasteiger partial charge in [-0.3, -0.25) is 9.69 Å². The summed E-state index contributed by atoms with van der Waals surface area (Å²) < 4.78 is 5.62. The highest BCUT2D eigenvalue weighted by Gasteiger charge is 2.17. The van der Waals surface area contributed by atoms with Gasteiger partial charge in [0.05, 0.1) is 11.1 Å². The number of hydrogen-bond donors (Lipinski definition) is 1. The van der Waals surface area contributed by atoms with Gasteiger partial charge in [-0.2, -0.15) is 0 Å². The van der Waals surface area contributed by atoms with Crippen LogP contribution in [0.4, 0.5) is 5.69 Å². The van der Waals surface area contributed by atoms with Crippen LogP contribution in [0.25, 0.3) is 0 Å². The molecule has 0 radical (unpaired) electrons. The Morgan fingerprint density at radius 3 is 2.74 bits per heavy atom. The Balaban J connectivity index is 1.71. The first-order chi connectivity index (χ1) is 13.0. The van der Waals surface area contributed by atoms with E-state index in [1.54, 1.807) is 18.2 Å². The summed E-state index contributed by atoms with van der Waals surface area (Å²) in [6.07, 6.45) is 2.25. The summed E-state index contributed by atoms with van der Waals surface area (Å²) in [5, 5.41) is 3.43. The van der Waals surface area contributed by atoms with Crippen molar-refractivity contribution >= 4 is 23.2 Å². The molecule has 2 aromatic rings. The predicted octanol–water partition coefficient (Wildman–Crippen LogP) is 5.15. The van der Waals surface area contributed by atoms with Gasteiger partial charge in [-0.15, -0.1) is 0 Å². The van der Waals surface area contributed by atoms with Crippen molar-refractivity contribution in [2.75, 3.05) is 18.4 Å². The van der Waals surface area contributed by atoms with Crippen LogP contribution in [-0.2, 0) is 13.0 Å². The second-order valence-corrected chi connectivity index (χ2v) is 7.68. The number of nitrogens with one attached hydrogen (secondary N) is 1. The van der Waals surface area contributed by atoms with E-state index in [4.69, 9.17) is 16.3 Å². The Bertz CT molecular complexity index is 820. The van der Waals surface area contributed by atoms with Crippen LogP contribution < -0.4 is 10.1 Å². The summed E-state index contributed by atoms with van der Waals surface area (Å²) in [6.45, 7) is 9.24. The molecule has 0 unspecified atom stereocenters. The molecule has 0 aromatic heterocycles. The van der Waals surface area contributed by atoms with Gasteiger partial charge < -0.3 is 10.1 Å². The third kappa shape index (κ3) is 5.02. The van der Waals surface area contributed by atoms with Crippen LogP contribution in [0.2, 0.25) is 5.02 Å². The van der Waals surface area contributed by atoms with Crippen LogP contribution in [0.3, 0.4) is 0 Å². The van der Waals surface area contributed by atoms with E-state index >= 15 is 0 Å². The lowest BCUT2D eigenvalue weighted by molar-refractivity contribution is 0.102. The average molecular weight is 387 g/mol. The van der Waals surface area contributed by atoms with E-state index in [2.05, 4.69) is 29.3 Å². The summed E-state index contributed by atoms with van der Waals surface area (Å²) in [5.41, 5.74) is 4.00. The number of amides is 1. The number of carbonyl (C=O) groups is 1. The summed E-state index contributed by atoms with van der Waals surface area (Å²) in [4.78, 5) is 15.1. The SMILES string of the molecule is CCCN1CCc2ccc(NC(=O)c3ccc(OC(C)C)c(Cl)c3)cc2C1. The van der Waals surface area contributed by atoms with Crippen LogP contribution >= 0.6 is 11.6 Å². The second-order valence-electron chi connectivity index (χ2n) is 7.28. The Labute approximate surface area is 166 Å². The molecule has 0 aliphatic carbocycles. The molecule has 4 nitrogen and oxygen atoms in total. The number of anilines is 1. The smallest absolute Gasteiger partial charge is 0.255 e. The van der Waals surface area contributed by atoms with E-state index in [1.807, 2.05) is 19.9 Å². The molecule has 27 heavy (non-hydrogen) atoms. The Morgan fingerprint density at radius 2 is 2.04 bits per heavy atom. The standard InChI is InChI=1S/C22H27ClN2O2/c1-4-10-25-11-9-16-5-7-19(12-18(16)14-25)24-22(26)17-6-8-21(20(23)13-17)27-15(2)3/h5-8,12-13,15H,4,9-11,14H2,1-3H3,(H,24,26). The fourth-order valence-electron chi connectivity index (χ4n) is 3.40. The summed E-state index contributed by atoms with van der Waals surface area (Å²) in [7, 11) is 0. The Morgan fingerprint density at radius 1 is 1.22 bits per heavy atom.